The highest BCUT2D eigenvalue weighted by Gasteiger charge is 2.31. The summed E-state index contributed by atoms with van der Waals surface area (Å²) in [6.45, 7) is 1.90. The molecule has 166 valence electrons. The predicted molar refractivity (Wildman–Crippen MR) is 121 cm³/mol. The van der Waals surface area contributed by atoms with Gasteiger partial charge in [0.05, 0.1) is 25.7 Å². The van der Waals surface area contributed by atoms with Crippen molar-refractivity contribution in [1.29, 1.82) is 5.26 Å². The number of rotatable bonds is 5. The highest BCUT2D eigenvalue weighted by molar-refractivity contribution is 5.91. The van der Waals surface area contributed by atoms with E-state index in [1.807, 2.05) is 19.1 Å². The average Bonchev–Trinajstić information content (AvgIpc) is 2.82. The number of hydrogen-bond acceptors (Lipinski definition) is 7. The van der Waals surface area contributed by atoms with Gasteiger partial charge in [0.15, 0.2) is 11.5 Å². The lowest BCUT2D eigenvalue weighted by Gasteiger charge is -2.27. The van der Waals surface area contributed by atoms with Crippen molar-refractivity contribution in [1.82, 2.24) is 0 Å². The fraction of sp³-hybridized carbons (Fsp3) is 0.154. The minimum Gasteiger partial charge on any atom is -0.493 e. The van der Waals surface area contributed by atoms with Gasteiger partial charge in [0.1, 0.15) is 23.1 Å². The molecule has 3 aromatic carbocycles. The molecule has 0 saturated heterocycles. The zero-order valence-corrected chi connectivity index (χ0v) is 18.4. The predicted octanol–water partition coefficient (Wildman–Crippen LogP) is 4.45. The molecule has 1 aliphatic heterocycles. The van der Waals surface area contributed by atoms with Crippen LogP contribution < -0.4 is 24.7 Å². The molecule has 2 N–H and O–H groups in total. The molecule has 0 aromatic heterocycles. The molecule has 1 heterocycles. The highest BCUT2D eigenvalue weighted by Crippen LogP contribution is 2.45. The Bertz CT molecular complexity index is 1310. The molecular formula is C26H22N2O5. The van der Waals surface area contributed by atoms with E-state index >= 15 is 0 Å². The molecule has 7 heteroatoms. The molecule has 0 fully saturated rings. The first-order chi connectivity index (χ1) is 15.9. The van der Waals surface area contributed by atoms with Crippen LogP contribution in [0.3, 0.4) is 0 Å². The summed E-state index contributed by atoms with van der Waals surface area (Å²) >= 11 is 0. The average molecular weight is 442 g/mol. The Morgan fingerprint density at radius 1 is 1.03 bits per heavy atom. The molecule has 1 aliphatic rings. The number of methoxy groups -OCH3 is 2. The number of carbonyl (C=O) groups is 1. The molecule has 0 unspecified atom stereocenters. The molecule has 4 rings (SSSR count). The van der Waals surface area contributed by atoms with E-state index in [2.05, 4.69) is 6.07 Å². The number of ether oxygens (including phenoxy) is 4. The van der Waals surface area contributed by atoms with Crippen molar-refractivity contribution in [3.05, 3.63) is 94.4 Å². The minimum atomic E-state index is -0.486. The van der Waals surface area contributed by atoms with Crippen LogP contribution in [0.1, 0.15) is 33.0 Å². The molecule has 3 aromatic rings. The van der Waals surface area contributed by atoms with Gasteiger partial charge in [-0.05, 0) is 42.8 Å². The van der Waals surface area contributed by atoms with Gasteiger partial charge in [-0.1, -0.05) is 29.8 Å². The van der Waals surface area contributed by atoms with E-state index < -0.39 is 11.9 Å². The van der Waals surface area contributed by atoms with Gasteiger partial charge < -0.3 is 24.7 Å². The summed E-state index contributed by atoms with van der Waals surface area (Å²) in [5.74, 6) is 0.838. The van der Waals surface area contributed by atoms with Crippen LogP contribution in [0, 0.1) is 18.3 Å². The molecule has 7 nitrogen and oxygen atoms in total. The van der Waals surface area contributed by atoms with Crippen molar-refractivity contribution in [2.24, 2.45) is 5.73 Å². The lowest BCUT2D eigenvalue weighted by molar-refractivity contribution is 0.0734. The Morgan fingerprint density at radius 2 is 1.82 bits per heavy atom. The number of allylic oxidation sites excluding steroid dienone is 1. The zero-order valence-electron chi connectivity index (χ0n) is 18.4. The van der Waals surface area contributed by atoms with Crippen molar-refractivity contribution in [2.75, 3.05) is 14.2 Å². The second-order valence-electron chi connectivity index (χ2n) is 7.50. The summed E-state index contributed by atoms with van der Waals surface area (Å²) in [6.07, 6.45) is 0. The Kier molecular flexibility index (Phi) is 5.92. The number of esters is 1. The van der Waals surface area contributed by atoms with E-state index in [-0.39, 0.29) is 11.5 Å². The van der Waals surface area contributed by atoms with Gasteiger partial charge in [0, 0.05) is 11.6 Å². The summed E-state index contributed by atoms with van der Waals surface area (Å²) in [5.41, 5.74) is 9.26. The molecular weight excluding hydrogens is 420 g/mol. The fourth-order valence-electron chi connectivity index (χ4n) is 3.81. The number of benzene rings is 3. The molecule has 0 saturated carbocycles. The van der Waals surface area contributed by atoms with E-state index in [9.17, 15) is 10.1 Å². The van der Waals surface area contributed by atoms with Crippen LogP contribution in [-0.2, 0) is 0 Å². The molecule has 0 radical (unpaired) electrons. The van der Waals surface area contributed by atoms with Crippen LogP contribution >= 0.6 is 0 Å². The third kappa shape index (κ3) is 4.19. The van der Waals surface area contributed by atoms with E-state index in [4.69, 9.17) is 24.7 Å². The highest BCUT2D eigenvalue weighted by atomic mass is 16.5. The van der Waals surface area contributed by atoms with Gasteiger partial charge >= 0.3 is 5.97 Å². The first-order valence-electron chi connectivity index (χ1n) is 10.2. The van der Waals surface area contributed by atoms with E-state index in [1.54, 1.807) is 62.8 Å². The van der Waals surface area contributed by atoms with Gasteiger partial charge in [-0.15, -0.1) is 0 Å². The molecule has 0 spiro atoms. The molecule has 0 bridgehead atoms. The third-order valence-electron chi connectivity index (χ3n) is 5.40. The quantitative estimate of drug-likeness (QED) is 0.460. The van der Waals surface area contributed by atoms with E-state index in [0.717, 1.165) is 11.1 Å². The number of nitrogens with two attached hydrogens (primary N) is 1. The second-order valence-corrected chi connectivity index (χ2v) is 7.50. The molecule has 1 atom stereocenters. The van der Waals surface area contributed by atoms with Crippen LogP contribution in [0.25, 0.3) is 0 Å². The van der Waals surface area contributed by atoms with Gasteiger partial charge in [-0.3, -0.25) is 0 Å². The summed E-state index contributed by atoms with van der Waals surface area (Å²) in [4.78, 5) is 12.5. The summed E-state index contributed by atoms with van der Waals surface area (Å²) in [5, 5.41) is 9.77. The first kappa shape index (κ1) is 21.8. The molecule has 0 aliphatic carbocycles. The lowest BCUT2D eigenvalue weighted by atomic mass is 9.83. The fourth-order valence-corrected chi connectivity index (χ4v) is 3.81. The topological polar surface area (TPSA) is 104 Å². The minimum absolute atomic E-state index is 0.00746. The number of fused-ring (bicyclic) bond motifs is 1. The van der Waals surface area contributed by atoms with Crippen LogP contribution in [0.15, 0.2) is 72.1 Å². The Labute approximate surface area is 191 Å². The van der Waals surface area contributed by atoms with Crippen LogP contribution in [0.4, 0.5) is 0 Å². The van der Waals surface area contributed by atoms with Crippen molar-refractivity contribution in [3.63, 3.8) is 0 Å². The normalized spacial score (nSPS) is 14.5. The Hall–Kier alpha value is -4.44. The second kappa shape index (κ2) is 8.97. The van der Waals surface area contributed by atoms with E-state index in [1.165, 1.54) is 0 Å². The Balaban J connectivity index is 1.72. The smallest absolute Gasteiger partial charge is 0.343 e. The lowest BCUT2D eigenvalue weighted by Crippen LogP contribution is -2.21. The summed E-state index contributed by atoms with van der Waals surface area (Å²) in [7, 11) is 3.10. The number of carbonyl (C=O) groups excluding carboxylic acids is 1. The number of hydrogen-bond donors (Lipinski definition) is 1. The van der Waals surface area contributed by atoms with Gasteiger partial charge in [0.2, 0.25) is 5.88 Å². The molecule has 0 amide bonds. The standard InChI is InChI=1S/C26H22N2O5/c1-15-5-4-6-17(11-15)26(29)32-18-8-9-19-22(13-18)33-25(28)20(14-27)24(19)16-7-10-21(30-2)23(12-16)31-3/h4-13,24H,28H2,1-3H3/t24-/m0/s1. The number of nitrogens with zero attached hydrogens (tertiary/aromatic N) is 1. The number of nitriles is 1. The maximum atomic E-state index is 12.5. The summed E-state index contributed by atoms with van der Waals surface area (Å²) in [6, 6.07) is 19.7. The monoisotopic (exact) mass is 442 g/mol. The maximum absolute atomic E-state index is 12.5. The van der Waals surface area contributed by atoms with Gasteiger partial charge in [-0.2, -0.15) is 5.26 Å². The van der Waals surface area contributed by atoms with Gasteiger partial charge in [-0.25, -0.2) is 4.79 Å². The van der Waals surface area contributed by atoms with Crippen LogP contribution in [0.5, 0.6) is 23.0 Å². The van der Waals surface area contributed by atoms with Crippen molar-refractivity contribution in [2.45, 2.75) is 12.8 Å². The largest absolute Gasteiger partial charge is 0.493 e. The zero-order chi connectivity index (χ0) is 23.5. The van der Waals surface area contributed by atoms with Crippen LogP contribution in [0.2, 0.25) is 0 Å². The first-order valence-corrected chi connectivity index (χ1v) is 10.2. The maximum Gasteiger partial charge on any atom is 0.343 e. The third-order valence-corrected chi connectivity index (χ3v) is 5.40. The van der Waals surface area contributed by atoms with E-state index in [0.29, 0.717) is 34.1 Å². The van der Waals surface area contributed by atoms with Crippen LogP contribution in [-0.4, -0.2) is 20.2 Å². The van der Waals surface area contributed by atoms with Crippen molar-refractivity contribution >= 4 is 5.97 Å². The van der Waals surface area contributed by atoms with Crippen molar-refractivity contribution < 1.29 is 23.7 Å². The van der Waals surface area contributed by atoms with Crippen molar-refractivity contribution in [3.8, 4) is 29.1 Å². The van der Waals surface area contributed by atoms with Gasteiger partial charge in [0.25, 0.3) is 0 Å². The summed E-state index contributed by atoms with van der Waals surface area (Å²) < 4.78 is 22.0. The SMILES string of the molecule is COc1ccc([C@@H]2C(C#N)=C(N)Oc3cc(OC(=O)c4cccc(C)c4)ccc32)cc1OC. The molecule has 33 heavy (non-hydrogen) atoms. The number of aryl methyl sites for hydroxylation is 1. The Morgan fingerprint density at radius 3 is 2.52 bits per heavy atom.